The number of carboxylic acid groups (broad SMARTS) is 1. The summed E-state index contributed by atoms with van der Waals surface area (Å²) in [6.45, 7) is 4.20. The third-order valence-electron chi connectivity index (χ3n) is 4.40. The number of hydrogen-bond acceptors (Lipinski definition) is 3. The zero-order valence-corrected chi connectivity index (χ0v) is 14.4. The Morgan fingerprint density at radius 3 is 2.44 bits per heavy atom. The first-order valence-corrected chi connectivity index (χ1v) is 8.37. The normalized spacial score (nSPS) is 18.7. The van der Waals surface area contributed by atoms with Gasteiger partial charge < -0.3 is 15.3 Å². The molecule has 1 unspecified atom stereocenters. The summed E-state index contributed by atoms with van der Waals surface area (Å²) in [5.74, 6) is -2.77. The number of hydrogen-bond donors (Lipinski definition) is 2. The summed E-state index contributed by atoms with van der Waals surface area (Å²) < 4.78 is 13.0. The molecule has 1 heterocycles. The quantitative estimate of drug-likeness (QED) is 0.849. The number of aliphatic carboxylic acids is 1. The van der Waals surface area contributed by atoms with Crippen LogP contribution in [0.15, 0.2) is 24.3 Å². The van der Waals surface area contributed by atoms with E-state index in [0.29, 0.717) is 24.9 Å². The highest BCUT2D eigenvalue weighted by atomic mass is 19.1. The minimum Gasteiger partial charge on any atom is -0.480 e. The number of amides is 2. The van der Waals surface area contributed by atoms with Gasteiger partial charge in [0.25, 0.3) is 5.91 Å². The van der Waals surface area contributed by atoms with Crippen molar-refractivity contribution in [2.75, 3.05) is 13.1 Å². The van der Waals surface area contributed by atoms with Crippen LogP contribution in [-0.2, 0) is 9.59 Å². The first kappa shape index (κ1) is 18.9. The molecule has 136 valence electrons. The zero-order valence-electron chi connectivity index (χ0n) is 14.4. The first-order chi connectivity index (χ1) is 11.8. The van der Waals surface area contributed by atoms with Crippen LogP contribution in [0, 0.1) is 17.7 Å². The number of carbonyl (C=O) groups is 3. The fraction of sp³-hybridized carbons (Fsp3) is 0.500. The Bertz CT molecular complexity index is 645. The number of nitrogens with one attached hydrogen (secondary N) is 1. The molecule has 6 nitrogen and oxygen atoms in total. The predicted molar refractivity (Wildman–Crippen MR) is 89.4 cm³/mol. The largest absolute Gasteiger partial charge is 0.480 e. The molecule has 0 radical (unpaired) electrons. The SMILES string of the molecule is CC(C)[C@H](NC(=O)C1CCCN(C(=O)c2ccc(F)cc2)C1)C(=O)O. The first-order valence-electron chi connectivity index (χ1n) is 8.37. The minimum atomic E-state index is -1.07. The molecule has 0 spiro atoms. The standard InChI is InChI=1S/C18H23FN2O4/c1-11(2)15(18(24)25)20-16(22)13-4-3-9-21(10-13)17(23)12-5-7-14(19)8-6-12/h5-8,11,13,15H,3-4,9-10H2,1-2H3,(H,20,22)(H,24,25)/t13?,15-/m0/s1. The van der Waals surface area contributed by atoms with Gasteiger partial charge in [-0.25, -0.2) is 9.18 Å². The van der Waals surface area contributed by atoms with E-state index in [1.165, 1.54) is 24.3 Å². The van der Waals surface area contributed by atoms with Gasteiger partial charge in [-0.2, -0.15) is 0 Å². The van der Waals surface area contributed by atoms with Crippen LogP contribution in [0.4, 0.5) is 4.39 Å². The summed E-state index contributed by atoms with van der Waals surface area (Å²) in [5, 5.41) is 11.8. The van der Waals surface area contributed by atoms with Crippen molar-refractivity contribution in [1.29, 1.82) is 0 Å². The van der Waals surface area contributed by atoms with E-state index in [9.17, 15) is 23.9 Å². The van der Waals surface area contributed by atoms with Crippen molar-refractivity contribution in [3.05, 3.63) is 35.6 Å². The molecule has 1 fully saturated rings. The van der Waals surface area contributed by atoms with E-state index in [1.807, 2.05) is 0 Å². The van der Waals surface area contributed by atoms with Crippen LogP contribution >= 0.6 is 0 Å². The lowest BCUT2D eigenvalue weighted by Crippen LogP contribution is -2.50. The van der Waals surface area contributed by atoms with Gasteiger partial charge >= 0.3 is 5.97 Å². The van der Waals surface area contributed by atoms with Crippen molar-refractivity contribution in [2.45, 2.75) is 32.7 Å². The highest BCUT2D eigenvalue weighted by molar-refractivity contribution is 5.94. The van der Waals surface area contributed by atoms with Crippen molar-refractivity contribution < 1.29 is 23.9 Å². The van der Waals surface area contributed by atoms with E-state index in [2.05, 4.69) is 5.32 Å². The molecule has 25 heavy (non-hydrogen) atoms. The third-order valence-corrected chi connectivity index (χ3v) is 4.40. The summed E-state index contributed by atoms with van der Waals surface area (Å²) in [6.07, 6.45) is 1.26. The maximum absolute atomic E-state index is 13.0. The Morgan fingerprint density at radius 1 is 1.24 bits per heavy atom. The second kappa shape index (κ2) is 8.09. The maximum atomic E-state index is 13.0. The van der Waals surface area contributed by atoms with Gasteiger partial charge in [0.15, 0.2) is 0 Å². The lowest BCUT2D eigenvalue weighted by molar-refractivity contribution is -0.144. The van der Waals surface area contributed by atoms with Gasteiger partial charge in [-0.15, -0.1) is 0 Å². The molecular weight excluding hydrogens is 327 g/mol. The molecule has 0 saturated carbocycles. The molecule has 2 amide bonds. The number of halogens is 1. The molecule has 1 aromatic rings. The monoisotopic (exact) mass is 350 g/mol. The fourth-order valence-corrected chi connectivity index (χ4v) is 2.94. The summed E-state index contributed by atoms with van der Waals surface area (Å²) >= 11 is 0. The molecule has 1 aromatic carbocycles. The van der Waals surface area contributed by atoms with E-state index in [1.54, 1.807) is 18.7 Å². The third kappa shape index (κ3) is 4.78. The molecule has 0 aliphatic carbocycles. The highest BCUT2D eigenvalue weighted by Gasteiger charge is 2.32. The summed E-state index contributed by atoms with van der Waals surface area (Å²) in [4.78, 5) is 37.7. The number of benzene rings is 1. The van der Waals surface area contributed by atoms with Gasteiger partial charge in [0, 0.05) is 18.7 Å². The van der Waals surface area contributed by atoms with Crippen molar-refractivity contribution in [1.82, 2.24) is 10.2 Å². The summed E-state index contributed by atoms with van der Waals surface area (Å²) in [6, 6.07) is 4.33. The van der Waals surface area contributed by atoms with Crippen LogP contribution in [-0.4, -0.2) is 46.9 Å². The van der Waals surface area contributed by atoms with E-state index < -0.39 is 23.7 Å². The van der Waals surface area contributed by atoms with Crippen LogP contribution in [0.5, 0.6) is 0 Å². The number of carboxylic acids is 1. The number of nitrogens with zero attached hydrogens (tertiary/aromatic N) is 1. The van der Waals surface area contributed by atoms with Gasteiger partial charge in [0.1, 0.15) is 11.9 Å². The van der Waals surface area contributed by atoms with Gasteiger partial charge in [-0.3, -0.25) is 9.59 Å². The Balaban J connectivity index is 2.02. The molecule has 7 heteroatoms. The minimum absolute atomic E-state index is 0.229. The van der Waals surface area contributed by atoms with Gasteiger partial charge in [0.05, 0.1) is 5.92 Å². The van der Waals surface area contributed by atoms with Gasteiger partial charge in [-0.05, 0) is 43.0 Å². The average Bonchev–Trinajstić information content (AvgIpc) is 2.59. The van der Waals surface area contributed by atoms with E-state index >= 15 is 0 Å². The van der Waals surface area contributed by atoms with Crippen LogP contribution < -0.4 is 5.32 Å². The molecule has 2 rings (SSSR count). The Morgan fingerprint density at radius 2 is 1.88 bits per heavy atom. The fourth-order valence-electron chi connectivity index (χ4n) is 2.94. The Labute approximate surface area is 146 Å². The molecule has 2 atom stereocenters. The van der Waals surface area contributed by atoms with E-state index in [-0.39, 0.29) is 24.3 Å². The lowest BCUT2D eigenvalue weighted by atomic mass is 9.95. The maximum Gasteiger partial charge on any atom is 0.326 e. The van der Waals surface area contributed by atoms with Crippen molar-refractivity contribution in [3.63, 3.8) is 0 Å². The smallest absolute Gasteiger partial charge is 0.326 e. The van der Waals surface area contributed by atoms with Gasteiger partial charge in [0.2, 0.25) is 5.91 Å². The van der Waals surface area contributed by atoms with Crippen molar-refractivity contribution in [2.24, 2.45) is 11.8 Å². The summed E-state index contributed by atoms with van der Waals surface area (Å²) in [7, 11) is 0. The number of likely N-dealkylation sites (tertiary alicyclic amines) is 1. The Hall–Kier alpha value is -2.44. The van der Waals surface area contributed by atoms with E-state index in [4.69, 9.17) is 0 Å². The zero-order chi connectivity index (χ0) is 18.6. The molecular formula is C18H23FN2O4. The van der Waals surface area contributed by atoms with Crippen LogP contribution in [0.25, 0.3) is 0 Å². The molecule has 0 bridgehead atoms. The number of carbonyl (C=O) groups excluding carboxylic acids is 2. The van der Waals surface area contributed by atoms with Crippen molar-refractivity contribution in [3.8, 4) is 0 Å². The van der Waals surface area contributed by atoms with Crippen LogP contribution in [0.3, 0.4) is 0 Å². The van der Waals surface area contributed by atoms with E-state index in [0.717, 1.165) is 0 Å². The molecule has 0 aromatic heterocycles. The second-order valence-electron chi connectivity index (χ2n) is 6.67. The van der Waals surface area contributed by atoms with Crippen LogP contribution in [0.2, 0.25) is 0 Å². The topological polar surface area (TPSA) is 86.7 Å². The number of rotatable bonds is 5. The molecule has 1 aliphatic heterocycles. The highest BCUT2D eigenvalue weighted by Crippen LogP contribution is 2.20. The number of piperidine rings is 1. The predicted octanol–water partition coefficient (Wildman–Crippen LogP) is 1.90. The lowest BCUT2D eigenvalue weighted by Gasteiger charge is -2.33. The van der Waals surface area contributed by atoms with Crippen molar-refractivity contribution >= 4 is 17.8 Å². The molecule has 1 aliphatic rings. The Kier molecular flexibility index (Phi) is 6.12. The second-order valence-corrected chi connectivity index (χ2v) is 6.67. The molecule has 1 saturated heterocycles. The average molecular weight is 350 g/mol. The molecule has 2 N–H and O–H groups in total. The van der Waals surface area contributed by atoms with Gasteiger partial charge in [-0.1, -0.05) is 13.8 Å². The van der Waals surface area contributed by atoms with Crippen LogP contribution in [0.1, 0.15) is 37.0 Å². The summed E-state index contributed by atoms with van der Waals surface area (Å²) in [5.41, 5.74) is 0.369.